The Balaban J connectivity index is 0.00000338. The molecule has 0 aliphatic rings. The molecule has 0 aliphatic heterocycles. The Kier molecular flexibility index (Phi) is 11.4. The summed E-state index contributed by atoms with van der Waals surface area (Å²) in [5.41, 5.74) is 2.10. The van der Waals surface area contributed by atoms with Gasteiger partial charge in [0.2, 0.25) is 0 Å². The topological polar surface area (TPSA) is 67.8 Å². The van der Waals surface area contributed by atoms with Gasteiger partial charge in [-0.2, -0.15) is 0 Å². The van der Waals surface area contributed by atoms with Crippen molar-refractivity contribution in [1.82, 2.24) is 15.6 Å². The minimum Gasteiger partial charge on any atom is -0.493 e. The molecule has 1 aromatic carbocycles. The Bertz CT molecular complexity index is 653. The predicted octanol–water partition coefficient (Wildman–Crippen LogP) is 2.98. The summed E-state index contributed by atoms with van der Waals surface area (Å²) in [6, 6.07) is 13.9. The molecular weight excluding hydrogens is 443 g/mol. The van der Waals surface area contributed by atoms with Crippen molar-refractivity contribution in [3.63, 3.8) is 0 Å². The van der Waals surface area contributed by atoms with Gasteiger partial charge < -0.3 is 20.1 Å². The molecule has 0 saturated heterocycles. The van der Waals surface area contributed by atoms with Gasteiger partial charge in [0, 0.05) is 39.9 Å². The number of methoxy groups -OCH3 is 1. The third kappa shape index (κ3) is 8.48. The van der Waals surface area contributed by atoms with Gasteiger partial charge in [0.05, 0.1) is 18.8 Å². The third-order valence-electron chi connectivity index (χ3n) is 3.51. The predicted molar refractivity (Wildman–Crippen MR) is 115 cm³/mol. The van der Waals surface area contributed by atoms with Gasteiger partial charge >= 0.3 is 0 Å². The molecule has 7 heteroatoms. The number of pyridine rings is 1. The monoisotopic (exact) mass is 470 g/mol. The normalized spacial score (nSPS) is 10.8. The first-order valence-corrected chi connectivity index (χ1v) is 8.37. The highest BCUT2D eigenvalue weighted by Crippen LogP contribution is 2.13. The highest BCUT2D eigenvalue weighted by Gasteiger charge is 2.01. The van der Waals surface area contributed by atoms with Crippen LogP contribution in [0.15, 0.2) is 53.7 Å². The number of benzene rings is 1. The molecule has 0 unspecified atom stereocenters. The molecule has 0 fully saturated rings. The molecule has 2 rings (SSSR count). The van der Waals surface area contributed by atoms with Crippen LogP contribution in [0.4, 0.5) is 0 Å². The molecule has 6 nitrogen and oxygen atoms in total. The number of guanidine groups is 1. The number of hydrogen-bond donors (Lipinski definition) is 2. The molecular formula is C19H27IN4O2. The van der Waals surface area contributed by atoms with E-state index in [-0.39, 0.29) is 24.0 Å². The van der Waals surface area contributed by atoms with Crippen molar-refractivity contribution in [2.45, 2.75) is 19.5 Å². The number of aromatic nitrogens is 1. The lowest BCUT2D eigenvalue weighted by atomic mass is 10.2. The quantitative estimate of drug-likeness (QED) is 0.255. The number of rotatable bonds is 9. The molecule has 1 heterocycles. The van der Waals surface area contributed by atoms with Crippen molar-refractivity contribution in [3.05, 3.63) is 59.9 Å². The van der Waals surface area contributed by atoms with Gasteiger partial charge in [-0.1, -0.05) is 18.2 Å². The number of hydrogen-bond acceptors (Lipinski definition) is 4. The molecule has 0 radical (unpaired) electrons. The fourth-order valence-electron chi connectivity index (χ4n) is 2.22. The van der Waals surface area contributed by atoms with Crippen molar-refractivity contribution >= 4 is 29.9 Å². The highest BCUT2D eigenvalue weighted by molar-refractivity contribution is 14.0. The van der Waals surface area contributed by atoms with Gasteiger partial charge in [0.15, 0.2) is 5.96 Å². The summed E-state index contributed by atoms with van der Waals surface area (Å²) in [5.74, 6) is 1.60. The average molecular weight is 470 g/mol. The Hall–Kier alpha value is -1.87. The lowest BCUT2D eigenvalue weighted by Crippen LogP contribution is -2.36. The second-order valence-corrected chi connectivity index (χ2v) is 5.44. The van der Waals surface area contributed by atoms with Crippen LogP contribution in [-0.4, -0.2) is 38.3 Å². The lowest BCUT2D eigenvalue weighted by Gasteiger charge is -2.12. The van der Waals surface area contributed by atoms with Crippen LogP contribution >= 0.6 is 24.0 Å². The van der Waals surface area contributed by atoms with Crippen LogP contribution in [0.5, 0.6) is 5.75 Å². The van der Waals surface area contributed by atoms with Crippen LogP contribution in [0.2, 0.25) is 0 Å². The van der Waals surface area contributed by atoms with Crippen molar-refractivity contribution in [3.8, 4) is 5.75 Å². The molecule has 2 N–H and O–H groups in total. The van der Waals surface area contributed by atoms with Crippen LogP contribution in [0.3, 0.4) is 0 Å². The van der Waals surface area contributed by atoms with Gasteiger partial charge in [-0.25, -0.2) is 0 Å². The smallest absolute Gasteiger partial charge is 0.191 e. The summed E-state index contributed by atoms with van der Waals surface area (Å²) in [4.78, 5) is 8.52. The molecule has 142 valence electrons. The zero-order valence-electron chi connectivity index (χ0n) is 15.3. The Morgan fingerprint density at radius 1 is 1.08 bits per heavy atom. The Labute approximate surface area is 172 Å². The molecule has 0 atom stereocenters. The minimum absolute atomic E-state index is 0. The molecule has 0 spiro atoms. The van der Waals surface area contributed by atoms with E-state index in [2.05, 4.69) is 26.7 Å². The van der Waals surface area contributed by atoms with Gasteiger partial charge in [-0.05, 0) is 29.8 Å². The number of nitrogens with zero attached hydrogens (tertiary/aromatic N) is 2. The second kappa shape index (κ2) is 13.3. The minimum atomic E-state index is 0. The maximum atomic E-state index is 5.73. The zero-order chi connectivity index (χ0) is 17.7. The summed E-state index contributed by atoms with van der Waals surface area (Å²) < 4.78 is 10.7. The molecule has 0 saturated carbocycles. The maximum absolute atomic E-state index is 5.73. The average Bonchev–Trinajstić information content (AvgIpc) is 2.66. The zero-order valence-corrected chi connectivity index (χ0v) is 17.6. The first-order chi connectivity index (χ1) is 12.3. The molecule has 0 amide bonds. The first kappa shape index (κ1) is 22.2. The van der Waals surface area contributed by atoms with Gasteiger partial charge in [-0.15, -0.1) is 24.0 Å². The summed E-state index contributed by atoms with van der Waals surface area (Å²) in [5, 5.41) is 6.55. The van der Waals surface area contributed by atoms with E-state index >= 15 is 0 Å². The van der Waals surface area contributed by atoms with E-state index in [0.29, 0.717) is 26.3 Å². The maximum Gasteiger partial charge on any atom is 0.191 e. The van der Waals surface area contributed by atoms with E-state index in [1.54, 1.807) is 20.4 Å². The number of nitrogens with one attached hydrogen (secondary N) is 2. The second-order valence-electron chi connectivity index (χ2n) is 5.44. The summed E-state index contributed by atoms with van der Waals surface area (Å²) in [6.07, 6.45) is 2.66. The van der Waals surface area contributed by atoms with Crippen molar-refractivity contribution in [2.24, 2.45) is 4.99 Å². The molecule has 0 bridgehead atoms. The SMILES string of the molecule is CN=C(NCc1cccc(OCCCOC)c1)NCc1ccccn1.I. The number of ether oxygens (including phenoxy) is 2. The summed E-state index contributed by atoms with van der Waals surface area (Å²) in [6.45, 7) is 2.65. The summed E-state index contributed by atoms with van der Waals surface area (Å²) in [7, 11) is 3.45. The Morgan fingerprint density at radius 3 is 2.65 bits per heavy atom. The first-order valence-electron chi connectivity index (χ1n) is 8.37. The van der Waals surface area contributed by atoms with E-state index in [4.69, 9.17) is 9.47 Å². The largest absolute Gasteiger partial charge is 0.493 e. The van der Waals surface area contributed by atoms with Gasteiger partial charge in [-0.3, -0.25) is 9.98 Å². The fourth-order valence-corrected chi connectivity index (χ4v) is 2.22. The van der Waals surface area contributed by atoms with Crippen molar-refractivity contribution in [2.75, 3.05) is 27.4 Å². The molecule has 0 aliphatic carbocycles. The van der Waals surface area contributed by atoms with Crippen molar-refractivity contribution in [1.29, 1.82) is 0 Å². The van der Waals surface area contributed by atoms with E-state index in [1.165, 1.54) is 0 Å². The van der Waals surface area contributed by atoms with E-state index in [0.717, 1.165) is 29.4 Å². The number of halogens is 1. The molecule has 1 aromatic heterocycles. The molecule has 2 aromatic rings. The van der Waals surface area contributed by atoms with Crippen LogP contribution in [0.1, 0.15) is 17.7 Å². The van der Waals surface area contributed by atoms with Crippen LogP contribution in [-0.2, 0) is 17.8 Å². The van der Waals surface area contributed by atoms with Crippen LogP contribution in [0, 0.1) is 0 Å². The van der Waals surface area contributed by atoms with Gasteiger partial charge in [0.1, 0.15) is 5.75 Å². The van der Waals surface area contributed by atoms with Gasteiger partial charge in [0.25, 0.3) is 0 Å². The third-order valence-corrected chi connectivity index (χ3v) is 3.51. The van der Waals surface area contributed by atoms with E-state index in [1.807, 2.05) is 36.4 Å². The van der Waals surface area contributed by atoms with E-state index in [9.17, 15) is 0 Å². The standard InChI is InChI=1S/C19H26N4O2.HI/c1-20-19(23-15-17-8-3-4-10-21-17)22-14-16-7-5-9-18(13-16)25-12-6-11-24-2;/h3-5,7-10,13H,6,11-12,14-15H2,1-2H3,(H2,20,22,23);1H. The van der Waals surface area contributed by atoms with E-state index < -0.39 is 0 Å². The highest BCUT2D eigenvalue weighted by atomic mass is 127. The van der Waals surface area contributed by atoms with Crippen LogP contribution < -0.4 is 15.4 Å². The van der Waals surface area contributed by atoms with Crippen LogP contribution in [0.25, 0.3) is 0 Å². The Morgan fingerprint density at radius 2 is 1.92 bits per heavy atom. The number of aliphatic imine (C=N–C) groups is 1. The fraction of sp³-hybridized carbons (Fsp3) is 0.368. The lowest BCUT2D eigenvalue weighted by molar-refractivity contribution is 0.172. The molecule has 26 heavy (non-hydrogen) atoms. The summed E-state index contributed by atoms with van der Waals surface area (Å²) >= 11 is 0. The van der Waals surface area contributed by atoms with Crippen molar-refractivity contribution < 1.29 is 9.47 Å².